The van der Waals surface area contributed by atoms with E-state index in [9.17, 15) is 14.4 Å². The molecule has 0 bridgehead atoms. The Hall–Kier alpha value is -1.59. The maximum absolute atomic E-state index is 11.3. The normalized spacial score (nSPS) is 11.7. The van der Waals surface area contributed by atoms with Crippen LogP contribution in [0.3, 0.4) is 0 Å². The van der Waals surface area contributed by atoms with Gasteiger partial charge < -0.3 is 15.8 Å². The maximum Gasteiger partial charge on any atom is 0.306 e. The molecular formula is C12H22N2O4. The van der Waals surface area contributed by atoms with Crippen LogP contribution in [-0.4, -0.2) is 31.4 Å². The Kier molecular flexibility index (Phi) is 8.61. The van der Waals surface area contributed by atoms with Crippen LogP contribution in [0.5, 0.6) is 0 Å². The molecular weight excluding hydrogens is 236 g/mol. The van der Waals surface area contributed by atoms with Crippen molar-refractivity contribution in [3.05, 3.63) is 0 Å². The summed E-state index contributed by atoms with van der Waals surface area (Å²) >= 11 is 0. The maximum atomic E-state index is 11.3. The minimum Gasteiger partial charge on any atom is -0.469 e. The summed E-state index contributed by atoms with van der Waals surface area (Å²) in [6.07, 6.45) is 2.60. The van der Waals surface area contributed by atoms with Gasteiger partial charge in [0.05, 0.1) is 13.5 Å². The van der Waals surface area contributed by atoms with Crippen LogP contribution < -0.4 is 11.1 Å². The van der Waals surface area contributed by atoms with Gasteiger partial charge in [-0.2, -0.15) is 0 Å². The Morgan fingerprint density at radius 3 is 2.44 bits per heavy atom. The van der Waals surface area contributed by atoms with Crippen LogP contribution in [0.25, 0.3) is 0 Å². The Balaban J connectivity index is 3.46. The summed E-state index contributed by atoms with van der Waals surface area (Å²) in [6, 6.07) is 0. The highest BCUT2D eigenvalue weighted by Crippen LogP contribution is 2.06. The molecule has 1 unspecified atom stereocenters. The van der Waals surface area contributed by atoms with E-state index in [2.05, 4.69) is 10.1 Å². The quantitative estimate of drug-likeness (QED) is 0.460. The van der Waals surface area contributed by atoms with Gasteiger partial charge in [-0.1, -0.05) is 13.3 Å². The second kappa shape index (κ2) is 9.44. The van der Waals surface area contributed by atoms with Crippen molar-refractivity contribution >= 4 is 17.8 Å². The van der Waals surface area contributed by atoms with Crippen LogP contribution >= 0.6 is 0 Å². The number of hydrogen-bond acceptors (Lipinski definition) is 4. The fourth-order valence-electron chi connectivity index (χ4n) is 1.35. The Bertz CT molecular complexity index is 292. The zero-order valence-corrected chi connectivity index (χ0v) is 11.0. The Morgan fingerprint density at radius 1 is 1.22 bits per heavy atom. The third kappa shape index (κ3) is 8.55. The molecule has 0 aromatic heterocycles. The van der Waals surface area contributed by atoms with E-state index in [-0.39, 0.29) is 36.5 Å². The number of amides is 2. The number of primary amides is 1. The van der Waals surface area contributed by atoms with Crippen molar-refractivity contribution < 1.29 is 19.1 Å². The standard InChI is InChI=1S/C12H22N2O4/c1-9(12(13)17)5-3-4-8-14-10(15)6-7-11(16)18-2/h9H,3-8H2,1-2H3,(H2,13,17)(H,14,15). The molecule has 0 saturated heterocycles. The van der Waals surface area contributed by atoms with Crippen LogP contribution in [0.2, 0.25) is 0 Å². The zero-order chi connectivity index (χ0) is 14.0. The number of methoxy groups -OCH3 is 1. The number of nitrogens with two attached hydrogens (primary N) is 1. The summed E-state index contributed by atoms with van der Waals surface area (Å²) in [7, 11) is 1.29. The number of rotatable bonds is 9. The van der Waals surface area contributed by atoms with Gasteiger partial charge >= 0.3 is 5.97 Å². The van der Waals surface area contributed by atoms with E-state index in [1.165, 1.54) is 7.11 Å². The van der Waals surface area contributed by atoms with E-state index in [1.54, 1.807) is 6.92 Å². The van der Waals surface area contributed by atoms with Crippen molar-refractivity contribution in [1.82, 2.24) is 5.32 Å². The van der Waals surface area contributed by atoms with E-state index >= 15 is 0 Å². The predicted molar refractivity (Wildman–Crippen MR) is 66.5 cm³/mol. The lowest BCUT2D eigenvalue weighted by atomic mass is 10.0. The number of hydrogen-bond donors (Lipinski definition) is 2. The van der Waals surface area contributed by atoms with Gasteiger partial charge in [0, 0.05) is 18.9 Å². The number of carbonyl (C=O) groups excluding carboxylic acids is 3. The van der Waals surface area contributed by atoms with Gasteiger partial charge in [-0.25, -0.2) is 0 Å². The summed E-state index contributed by atoms with van der Waals surface area (Å²) in [4.78, 5) is 32.8. The SMILES string of the molecule is COC(=O)CCC(=O)NCCCCC(C)C(N)=O. The van der Waals surface area contributed by atoms with Gasteiger partial charge in [0.15, 0.2) is 0 Å². The van der Waals surface area contributed by atoms with Crippen molar-refractivity contribution in [1.29, 1.82) is 0 Å². The fraction of sp³-hybridized carbons (Fsp3) is 0.750. The first kappa shape index (κ1) is 16.4. The van der Waals surface area contributed by atoms with E-state index in [0.29, 0.717) is 6.54 Å². The van der Waals surface area contributed by atoms with E-state index < -0.39 is 0 Å². The molecule has 0 aromatic carbocycles. The molecule has 0 aromatic rings. The first-order chi connectivity index (χ1) is 8.47. The molecule has 0 heterocycles. The Labute approximate surface area is 107 Å². The van der Waals surface area contributed by atoms with Crippen LogP contribution in [0, 0.1) is 5.92 Å². The fourth-order valence-corrected chi connectivity index (χ4v) is 1.35. The van der Waals surface area contributed by atoms with Crippen LogP contribution in [0.15, 0.2) is 0 Å². The highest BCUT2D eigenvalue weighted by Gasteiger charge is 2.08. The highest BCUT2D eigenvalue weighted by atomic mass is 16.5. The first-order valence-electron chi connectivity index (χ1n) is 6.10. The molecule has 0 fully saturated rings. The molecule has 18 heavy (non-hydrogen) atoms. The van der Waals surface area contributed by atoms with Crippen molar-refractivity contribution in [3.8, 4) is 0 Å². The molecule has 1 atom stereocenters. The van der Waals surface area contributed by atoms with Crippen molar-refractivity contribution in [2.75, 3.05) is 13.7 Å². The van der Waals surface area contributed by atoms with Gasteiger partial charge in [-0.05, 0) is 12.8 Å². The molecule has 0 spiro atoms. The monoisotopic (exact) mass is 258 g/mol. The molecule has 0 saturated carbocycles. The lowest BCUT2D eigenvalue weighted by Gasteiger charge is -2.07. The highest BCUT2D eigenvalue weighted by molar-refractivity contribution is 5.81. The number of carbonyl (C=O) groups is 3. The van der Waals surface area contributed by atoms with Crippen LogP contribution in [-0.2, 0) is 19.1 Å². The molecule has 2 amide bonds. The molecule has 0 radical (unpaired) electrons. The smallest absolute Gasteiger partial charge is 0.306 e. The topological polar surface area (TPSA) is 98.5 Å². The second-order valence-corrected chi connectivity index (χ2v) is 4.23. The van der Waals surface area contributed by atoms with Gasteiger partial charge in [0.2, 0.25) is 11.8 Å². The van der Waals surface area contributed by atoms with Gasteiger partial charge in [-0.15, -0.1) is 0 Å². The van der Waals surface area contributed by atoms with E-state index in [0.717, 1.165) is 19.3 Å². The Morgan fingerprint density at radius 2 is 1.89 bits per heavy atom. The molecule has 0 aliphatic heterocycles. The molecule has 6 heteroatoms. The van der Waals surface area contributed by atoms with E-state index in [4.69, 9.17) is 5.73 Å². The summed E-state index contributed by atoms with van der Waals surface area (Å²) in [6.45, 7) is 2.34. The first-order valence-corrected chi connectivity index (χ1v) is 6.10. The summed E-state index contributed by atoms with van der Waals surface area (Å²) in [5, 5.41) is 2.70. The average Bonchev–Trinajstić information content (AvgIpc) is 2.34. The van der Waals surface area contributed by atoms with Crippen LogP contribution in [0.4, 0.5) is 0 Å². The largest absolute Gasteiger partial charge is 0.469 e. The molecule has 0 aliphatic carbocycles. The van der Waals surface area contributed by atoms with Crippen molar-refractivity contribution in [2.24, 2.45) is 11.7 Å². The number of nitrogens with one attached hydrogen (secondary N) is 1. The molecule has 0 aliphatic rings. The lowest BCUT2D eigenvalue weighted by Crippen LogP contribution is -2.25. The average molecular weight is 258 g/mol. The predicted octanol–water partition coefficient (Wildman–Crippen LogP) is 0.348. The number of unbranched alkanes of at least 4 members (excludes halogenated alkanes) is 1. The van der Waals surface area contributed by atoms with E-state index in [1.807, 2.05) is 0 Å². The van der Waals surface area contributed by atoms with Crippen molar-refractivity contribution in [2.45, 2.75) is 39.0 Å². The molecule has 3 N–H and O–H groups in total. The minimum atomic E-state index is -0.388. The summed E-state index contributed by atoms with van der Waals surface area (Å²) in [5.74, 6) is -0.971. The molecule has 104 valence electrons. The summed E-state index contributed by atoms with van der Waals surface area (Å²) in [5.41, 5.74) is 5.13. The number of esters is 1. The lowest BCUT2D eigenvalue weighted by molar-refractivity contribution is -0.142. The van der Waals surface area contributed by atoms with Gasteiger partial charge in [0.1, 0.15) is 0 Å². The molecule has 0 rings (SSSR count). The summed E-state index contributed by atoms with van der Waals surface area (Å²) < 4.78 is 4.43. The minimum absolute atomic E-state index is 0.0983. The van der Waals surface area contributed by atoms with Crippen LogP contribution in [0.1, 0.15) is 39.0 Å². The molecule has 6 nitrogen and oxygen atoms in total. The third-order valence-corrected chi connectivity index (χ3v) is 2.66. The van der Waals surface area contributed by atoms with Crippen molar-refractivity contribution in [3.63, 3.8) is 0 Å². The zero-order valence-electron chi connectivity index (χ0n) is 11.0. The number of ether oxygens (including phenoxy) is 1. The van der Waals surface area contributed by atoms with Gasteiger partial charge in [0.25, 0.3) is 0 Å². The third-order valence-electron chi connectivity index (χ3n) is 2.66. The second-order valence-electron chi connectivity index (χ2n) is 4.23. The van der Waals surface area contributed by atoms with Gasteiger partial charge in [-0.3, -0.25) is 14.4 Å².